The van der Waals surface area contributed by atoms with Gasteiger partial charge in [-0.05, 0) is 75.2 Å². The smallest absolute Gasteiger partial charge is 0.0622 e. The Labute approximate surface area is 146 Å². The molecule has 24 heavy (non-hydrogen) atoms. The van der Waals surface area contributed by atoms with Crippen LogP contribution in [0.25, 0.3) is 0 Å². The average Bonchev–Trinajstić information content (AvgIpc) is 3.36. The average molecular weight is 329 g/mol. The van der Waals surface area contributed by atoms with Crippen molar-refractivity contribution < 1.29 is 4.74 Å². The summed E-state index contributed by atoms with van der Waals surface area (Å²) < 4.78 is 6.10. The van der Waals surface area contributed by atoms with Gasteiger partial charge in [-0.1, -0.05) is 6.07 Å². The fourth-order valence-corrected chi connectivity index (χ4v) is 4.44. The van der Waals surface area contributed by atoms with E-state index in [-0.39, 0.29) is 0 Å². The fraction of sp³-hybridized carbons (Fsp3) is 0.750. The summed E-state index contributed by atoms with van der Waals surface area (Å²) in [6, 6.07) is 4.83. The molecule has 0 N–H and O–H groups in total. The number of aromatic nitrogens is 1. The number of likely N-dealkylation sites (tertiary alicyclic amines) is 2. The van der Waals surface area contributed by atoms with Crippen LogP contribution in [0.15, 0.2) is 24.5 Å². The Morgan fingerprint density at radius 1 is 1.25 bits per heavy atom. The van der Waals surface area contributed by atoms with Gasteiger partial charge in [0.2, 0.25) is 0 Å². The lowest BCUT2D eigenvalue weighted by Gasteiger charge is -2.37. The fourth-order valence-electron chi connectivity index (χ4n) is 4.44. The Bertz CT molecular complexity index is 523. The molecule has 3 heterocycles. The van der Waals surface area contributed by atoms with Crippen molar-refractivity contribution in [1.82, 2.24) is 14.8 Å². The van der Waals surface area contributed by atoms with Crippen LogP contribution in [-0.4, -0.2) is 60.7 Å². The number of hydrogen-bond donors (Lipinski definition) is 0. The van der Waals surface area contributed by atoms with Crippen molar-refractivity contribution in [2.75, 3.05) is 39.9 Å². The first-order chi connectivity index (χ1) is 11.7. The van der Waals surface area contributed by atoms with E-state index < -0.39 is 0 Å². The molecule has 132 valence electrons. The Kier molecular flexibility index (Phi) is 4.88. The second kappa shape index (κ2) is 7.11. The summed E-state index contributed by atoms with van der Waals surface area (Å²) in [5.74, 6) is 0.857. The summed E-state index contributed by atoms with van der Waals surface area (Å²) >= 11 is 0. The standard InChI is InChI=1S/C20H31N3O/c1-22-9-6-20(7-10-22)11-19(15-24-14-17-4-5-17)23(16-20)13-18-3-2-8-21-12-18/h2-3,8,12,17,19H,4-7,9-11,13-16H2,1H3/t19-/m0/s1. The molecule has 4 heteroatoms. The zero-order chi connectivity index (χ0) is 16.4. The molecule has 0 unspecified atom stereocenters. The molecule has 1 aliphatic carbocycles. The van der Waals surface area contributed by atoms with Gasteiger partial charge in [-0.25, -0.2) is 0 Å². The van der Waals surface area contributed by atoms with Gasteiger partial charge in [0.05, 0.1) is 6.61 Å². The highest BCUT2D eigenvalue weighted by molar-refractivity contribution is 5.10. The highest BCUT2D eigenvalue weighted by Gasteiger charge is 2.45. The summed E-state index contributed by atoms with van der Waals surface area (Å²) in [5.41, 5.74) is 1.84. The molecule has 4 rings (SSSR count). The summed E-state index contributed by atoms with van der Waals surface area (Å²) in [6.45, 7) is 6.63. The van der Waals surface area contributed by atoms with Crippen molar-refractivity contribution >= 4 is 0 Å². The van der Waals surface area contributed by atoms with Crippen molar-refractivity contribution in [3.05, 3.63) is 30.1 Å². The Hall–Kier alpha value is -0.970. The van der Waals surface area contributed by atoms with Gasteiger partial charge in [0.25, 0.3) is 0 Å². The molecular weight excluding hydrogens is 298 g/mol. The zero-order valence-electron chi connectivity index (χ0n) is 15.0. The number of pyridine rings is 1. The monoisotopic (exact) mass is 329 g/mol. The van der Waals surface area contributed by atoms with Crippen LogP contribution in [0.3, 0.4) is 0 Å². The minimum absolute atomic E-state index is 0.516. The maximum absolute atomic E-state index is 6.10. The number of hydrogen-bond acceptors (Lipinski definition) is 4. The highest BCUT2D eigenvalue weighted by atomic mass is 16.5. The van der Waals surface area contributed by atoms with Crippen molar-refractivity contribution in [2.24, 2.45) is 11.3 Å². The Morgan fingerprint density at radius 3 is 2.79 bits per heavy atom. The summed E-state index contributed by atoms with van der Waals surface area (Å²) in [5, 5.41) is 0. The molecule has 4 nitrogen and oxygen atoms in total. The first-order valence-corrected chi connectivity index (χ1v) is 9.62. The van der Waals surface area contributed by atoms with E-state index in [0.29, 0.717) is 11.5 Å². The van der Waals surface area contributed by atoms with Gasteiger partial charge < -0.3 is 9.64 Å². The topological polar surface area (TPSA) is 28.6 Å². The van der Waals surface area contributed by atoms with Gasteiger partial charge in [0.15, 0.2) is 0 Å². The van der Waals surface area contributed by atoms with Gasteiger partial charge in [-0.15, -0.1) is 0 Å². The van der Waals surface area contributed by atoms with Gasteiger partial charge in [-0.2, -0.15) is 0 Å². The van der Waals surface area contributed by atoms with Crippen molar-refractivity contribution in [3.63, 3.8) is 0 Å². The maximum atomic E-state index is 6.10. The number of nitrogens with zero attached hydrogens (tertiary/aromatic N) is 3. The van der Waals surface area contributed by atoms with Crippen LogP contribution in [0.2, 0.25) is 0 Å². The quantitative estimate of drug-likeness (QED) is 0.802. The van der Waals surface area contributed by atoms with Crippen LogP contribution in [0.4, 0.5) is 0 Å². The first kappa shape index (κ1) is 16.5. The van der Waals surface area contributed by atoms with Crippen LogP contribution in [0, 0.1) is 11.3 Å². The summed E-state index contributed by atoms with van der Waals surface area (Å²) in [7, 11) is 2.26. The summed E-state index contributed by atoms with van der Waals surface area (Å²) in [6.07, 6.45) is 10.6. The first-order valence-electron chi connectivity index (χ1n) is 9.62. The summed E-state index contributed by atoms with van der Waals surface area (Å²) in [4.78, 5) is 9.45. The molecule has 1 saturated carbocycles. The van der Waals surface area contributed by atoms with Crippen LogP contribution >= 0.6 is 0 Å². The zero-order valence-corrected chi connectivity index (χ0v) is 15.0. The Morgan fingerprint density at radius 2 is 2.08 bits per heavy atom. The molecule has 2 saturated heterocycles. The molecule has 1 aromatic heterocycles. The number of piperidine rings is 1. The molecule has 0 amide bonds. The van der Waals surface area contributed by atoms with Crippen LogP contribution < -0.4 is 0 Å². The van der Waals surface area contributed by atoms with Crippen molar-refractivity contribution in [2.45, 2.75) is 44.7 Å². The number of rotatable bonds is 6. The third kappa shape index (κ3) is 3.98. The third-order valence-corrected chi connectivity index (χ3v) is 6.24. The van der Waals surface area contributed by atoms with Crippen LogP contribution in [-0.2, 0) is 11.3 Å². The largest absolute Gasteiger partial charge is 0.380 e. The normalized spacial score (nSPS) is 27.8. The predicted octanol–water partition coefficient (Wildman–Crippen LogP) is 2.79. The van der Waals surface area contributed by atoms with Crippen molar-refractivity contribution in [3.8, 4) is 0 Å². The minimum Gasteiger partial charge on any atom is -0.380 e. The number of ether oxygens (including phenoxy) is 1. The second-order valence-corrected chi connectivity index (χ2v) is 8.41. The lowest BCUT2D eigenvalue weighted by Crippen LogP contribution is -2.39. The van der Waals surface area contributed by atoms with Crippen LogP contribution in [0.1, 0.15) is 37.7 Å². The van der Waals surface area contributed by atoms with Gasteiger partial charge in [-0.3, -0.25) is 9.88 Å². The lowest BCUT2D eigenvalue weighted by atomic mass is 9.77. The molecule has 0 bridgehead atoms. The van der Waals surface area contributed by atoms with E-state index in [1.807, 2.05) is 12.4 Å². The maximum Gasteiger partial charge on any atom is 0.0622 e. The minimum atomic E-state index is 0.516. The third-order valence-electron chi connectivity index (χ3n) is 6.24. The molecule has 3 fully saturated rings. The lowest BCUT2D eigenvalue weighted by molar-refractivity contribution is 0.0682. The molecule has 1 aromatic rings. The van der Waals surface area contributed by atoms with E-state index >= 15 is 0 Å². The van der Waals surface area contributed by atoms with Crippen LogP contribution in [0.5, 0.6) is 0 Å². The molecule has 0 radical (unpaired) electrons. The second-order valence-electron chi connectivity index (χ2n) is 8.41. The van der Waals surface area contributed by atoms with Gasteiger partial charge in [0.1, 0.15) is 0 Å². The molecular formula is C20H31N3O. The van der Waals surface area contributed by atoms with Gasteiger partial charge in [0, 0.05) is 38.1 Å². The molecule has 1 spiro atoms. The van der Waals surface area contributed by atoms with E-state index in [2.05, 4.69) is 34.0 Å². The molecule has 0 aromatic carbocycles. The Balaban J connectivity index is 1.41. The molecule has 3 aliphatic rings. The van der Waals surface area contributed by atoms with E-state index in [1.54, 1.807) is 0 Å². The van der Waals surface area contributed by atoms with E-state index in [4.69, 9.17) is 4.74 Å². The molecule has 2 aliphatic heterocycles. The SMILES string of the molecule is CN1CCC2(CC1)C[C@@H](COCC1CC1)N(Cc1cccnc1)C2. The highest BCUT2D eigenvalue weighted by Crippen LogP contribution is 2.43. The van der Waals surface area contributed by atoms with E-state index in [1.165, 1.54) is 57.3 Å². The van der Waals surface area contributed by atoms with E-state index in [9.17, 15) is 0 Å². The van der Waals surface area contributed by atoms with Crippen molar-refractivity contribution in [1.29, 1.82) is 0 Å². The molecule has 1 atom stereocenters. The van der Waals surface area contributed by atoms with Gasteiger partial charge >= 0.3 is 0 Å². The van der Waals surface area contributed by atoms with E-state index in [0.717, 1.165) is 25.7 Å². The predicted molar refractivity (Wildman–Crippen MR) is 95.8 cm³/mol.